The molecule has 0 amide bonds. The molecule has 0 aromatic heterocycles. The topological polar surface area (TPSA) is 95.9 Å². The maximum atomic E-state index is 9.46. The molecule has 3 atom stereocenters. The molecule has 1 aliphatic heterocycles. The normalized spacial score (nSPS) is 37.1. The zero-order valence-corrected chi connectivity index (χ0v) is 8.44. The molecule has 1 aliphatic rings. The molecule has 0 unspecified atom stereocenters. The smallest absolute Gasteiger partial charge is 0.113 e. The van der Waals surface area contributed by atoms with Crippen LogP contribution < -0.4 is 5.73 Å². The SMILES string of the molecule is C[C@@](N)(O)C[C@@]1(CO)CC[C@H](CO)O1. The second kappa shape index (κ2) is 4.12. The number of hydrogen-bond donors (Lipinski definition) is 4. The van der Waals surface area contributed by atoms with E-state index in [2.05, 4.69) is 0 Å². The van der Waals surface area contributed by atoms with E-state index in [-0.39, 0.29) is 25.7 Å². The molecule has 5 N–H and O–H groups in total. The zero-order chi connectivity index (χ0) is 10.8. The monoisotopic (exact) mass is 205 g/mol. The first kappa shape index (κ1) is 11.9. The summed E-state index contributed by atoms with van der Waals surface area (Å²) in [6.45, 7) is 1.23. The van der Waals surface area contributed by atoms with Gasteiger partial charge in [-0.2, -0.15) is 0 Å². The van der Waals surface area contributed by atoms with Crippen molar-refractivity contribution in [3.63, 3.8) is 0 Å². The second-order valence-corrected chi connectivity index (χ2v) is 4.34. The number of hydrogen-bond acceptors (Lipinski definition) is 5. The summed E-state index contributed by atoms with van der Waals surface area (Å²) in [6.07, 6.45) is 1.23. The van der Waals surface area contributed by atoms with Gasteiger partial charge in [0.2, 0.25) is 0 Å². The summed E-state index contributed by atoms with van der Waals surface area (Å²) < 4.78 is 5.48. The zero-order valence-electron chi connectivity index (χ0n) is 8.44. The van der Waals surface area contributed by atoms with Crippen LogP contribution in [0.2, 0.25) is 0 Å². The van der Waals surface area contributed by atoms with Gasteiger partial charge in [-0.15, -0.1) is 0 Å². The number of aliphatic hydroxyl groups is 3. The quantitative estimate of drug-likeness (QED) is 0.439. The molecule has 0 radical (unpaired) electrons. The van der Waals surface area contributed by atoms with E-state index in [1.807, 2.05) is 0 Å². The predicted octanol–water partition coefficient (Wildman–Crippen LogP) is -1.05. The van der Waals surface area contributed by atoms with Crippen LogP contribution in [0.3, 0.4) is 0 Å². The van der Waals surface area contributed by atoms with E-state index in [4.69, 9.17) is 15.6 Å². The summed E-state index contributed by atoms with van der Waals surface area (Å²) in [6, 6.07) is 0. The molecule has 5 nitrogen and oxygen atoms in total. The van der Waals surface area contributed by atoms with Gasteiger partial charge in [0.25, 0.3) is 0 Å². The third-order valence-corrected chi connectivity index (χ3v) is 2.51. The standard InChI is InChI=1S/C9H19NO4/c1-8(10,13)5-9(6-12)3-2-7(4-11)14-9/h7,11-13H,2-6,10H2,1H3/t7-,8-,9-/m1/s1. The Morgan fingerprint density at radius 3 is 2.57 bits per heavy atom. The molecule has 1 rings (SSSR count). The highest BCUT2D eigenvalue weighted by Gasteiger charge is 2.43. The van der Waals surface area contributed by atoms with E-state index in [0.717, 1.165) is 0 Å². The highest BCUT2D eigenvalue weighted by Crippen LogP contribution is 2.35. The molecule has 1 saturated heterocycles. The van der Waals surface area contributed by atoms with Crippen molar-refractivity contribution in [2.24, 2.45) is 5.73 Å². The van der Waals surface area contributed by atoms with E-state index in [9.17, 15) is 10.2 Å². The molecular formula is C9H19NO4. The average Bonchev–Trinajstić information content (AvgIpc) is 2.46. The molecule has 84 valence electrons. The highest BCUT2D eigenvalue weighted by molar-refractivity contribution is 4.92. The molecule has 0 bridgehead atoms. The Bertz CT molecular complexity index is 192. The summed E-state index contributed by atoms with van der Waals surface area (Å²) in [5.41, 5.74) is 3.32. The van der Waals surface area contributed by atoms with Crippen LogP contribution in [0.4, 0.5) is 0 Å². The minimum absolute atomic E-state index is 0.0610. The van der Waals surface area contributed by atoms with Crippen LogP contribution in [-0.4, -0.2) is 46.0 Å². The molecular weight excluding hydrogens is 186 g/mol. The maximum absolute atomic E-state index is 9.46. The molecule has 0 spiro atoms. The van der Waals surface area contributed by atoms with Crippen molar-refractivity contribution in [2.75, 3.05) is 13.2 Å². The molecule has 1 fully saturated rings. The largest absolute Gasteiger partial charge is 0.394 e. The maximum Gasteiger partial charge on any atom is 0.113 e. The molecule has 14 heavy (non-hydrogen) atoms. The van der Waals surface area contributed by atoms with Crippen molar-refractivity contribution < 1.29 is 20.1 Å². The summed E-state index contributed by atoms with van der Waals surface area (Å²) in [4.78, 5) is 0. The van der Waals surface area contributed by atoms with E-state index in [1.54, 1.807) is 0 Å². The van der Waals surface area contributed by atoms with Gasteiger partial charge in [0.15, 0.2) is 0 Å². The first-order valence-corrected chi connectivity index (χ1v) is 4.82. The van der Waals surface area contributed by atoms with Gasteiger partial charge in [-0.05, 0) is 19.8 Å². The van der Waals surface area contributed by atoms with Gasteiger partial charge in [0, 0.05) is 6.42 Å². The van der Waals surface area contributed by atoms with E-state index >= 15 is 0 Å². The number of nitrogens with two attached hydrogens (primary N) is 1. The van der Waals surface area contributed by atoms with Gasteiger partial charge in [0.05, 0.1) is 24.9 Å². The fourth-order valence-corrected chi connectivity index (χ4v) is 1.98. The van der Waals surface area contributed by atoms with E-state index in [0.29, 0.717) is 12.8 Å². The third kappa shape index (κ3) is 2.90. The Labute approximate surface area is 83.5 Å². The minimum atomic E-state index is -1.35. The van der Waals surface area contributed by atoms with Crippen molar-refractivity contribution in [3.8, 4) is 0 Å². The Balaban J connectivity index is 2.60. The van der Waals surface area contributed by atoms with Gasteiger partial charge in [-0.1, -0.05) is 0 Å². The van der Waals surface area contributed by atoms with E-state index < -0.39 is 11.3 Å². The van der Waals surface area contributed by atoms with Crippen molar-refractivity contribution in [3.05, 3.63) is 0 Å². The number of ether oxygens (including phenoxy) is 1. The van der Waals surface area contributed by atoms with Crippen LogP contribution in [0.5, 0.6) is 0 Å². The van der Waals surface area contributed by atoms with Crippen molar-refractivity contribution in [1.82, 2.24) is 0 Å². The Morgan fingerprint density at radius 1 is 1.57 bits per heavy atom. The number of rotatable bonds is 4. The number of aliphatic hydroxyl groups excluding tert-OH is 2. The van der Waals surface area contributed by atoms with Crippen LogP contribution >= 0.6 is 0 Å². The van der Waals surface area contributed by atoms with Crippen molar-refractivity contribution >= 4 is 0 Å². The lowest BCUT2D eigenvalue weighted by Gasteiger charge is -2.32. The average molecular weight is 205 g/mol. The highest BCUT2D eigenvalue weighted by atomic mass is 16.5. The molecule has 0 aliphatic carbocycles. The van der Waals surface area contributed by atoms with Gasteiger partial charge >= 0.3 is 0 Å². The summed E-state index contributed by atoms with van der Waals surface area (Å²) in [5.74, 6) is 0. The van der Waals surface area contributed by atoms with Gasteiger partial charge in [-0.25, -0.2) is 0 Å². The molecule has 0 aromatic rings. The summed E-state index contributed by atoms with van der Waals surface area (Å²) in [7, 11) is 0. The van der Waals surface area contributed by atoms with Crippen LogP contribution in [0, 0.1) is 0 Å². The van der Waals surface area contributed by atoms with Crippen LogP contribution in [0.1, 0.15) is 26.2 Å². The van der Waals surface area contributed by atoms with Crippen LogP contribution in [0.15, 0.2) is 0 Å². The first-order valence-electron chi connectivity index (χ1n) is 4.82. The third-order valence-electron chi connectivity index (χ3n) is 2.51. The fourth-order valence-electron chi connectivity index (χ4n) is 1.98. The lowest BCUT2D eigenvalue weighted by atomic mass is 9.91. The Morgan fingerprint density at radius 2 is 2.21 bits per heavy atom. The first-order chi connectivity index (χ1) is 6.41. The summed E-state index contributed by atoms with van der Waals surface area (Å²) in [5, 5.41) is 27.6. The Kier molecular flexibility index (Phi) is 3.49. The van der Waals surface area contributed by atoms with Gasteiger partial charge in [0.1, 0.15) is 5.72 Å². The van der Waals surface area contributed by atoms with E-state index in [1.165, 1.54) is 6.92 Å². The molecule has 1 heterocycles. The Hall–Kier alpha value is -0.200. The van der Waals surface area contributed by atoms with Crippen LogP contribution in [0.25, 0.3) is 0 Å². The second-order valence-electron chi connectivity index (χ2n) is 4.34. The fraction of sp³-hybridized carbons (Fsp3) is 1.00. The van der Waals surface area contributed by atoms with Gasteiger partial charge < -0.3 is 25.8 Å². The lowest BCUT2D eigenvalue weighted by molar-refractivity contribution is -0.123. The van der Waals surface area contributed by atoms with Gasteiger partial charge in [-0.3, -0.25) is 0 Å². The summed E-state index contributed by atoms with van der Waals surface area (Å²) >= 11 is 0. The van der Waals surface area contributed by atoms with Crippen molar-refractivity contribution in [1.29, 1.82) is 0 Å². The van der Waals surface area contributed by atoms with Crippen LogP contribution in [-0.2, 0) is 4.74 Å². The van der Waals surface area contributed by atoms with Crippen molar-refractivity contribution in [2.45, 2.75) is 43.6 Å². The predicted molar refractivity (Wildman–Crippen MR) is 50.4 cm³/mol. The molecule has 5 heteroatoms. The molecule has 0 aromatic carbocycles. The lowest BCUT2D eigenvalue weighted by Crippen LogP contribution is -2.47. The molecule has 0 saturated carbocycles. The minimum Gasteiger partial charge on any atom is -0.394 e.